The first-order chi connectivity index (χ1) is 6.15. The van der Waals surface area contributed by atoms with E-state index in [1.165, 1.54) is 0 Å². The van der Waals surface area contributed by atoms with Crippen molar-refractivity contribution in [2.45, 2.75) is 19.8 Å². The molecule has 1 N–H and O–H groups in total. The summed E-state index contributed by atoms with van der Waals surface area (Å²) in [5.74, 6) is -0.401. The van der Waals surface area contributed by atoms with Gasteiger partial charge in [-0.1, -0.05) is 6.92 Å². The lowest BCUT2D eigenvalue weighted by Gasteiger charge is -2.10. The molecule has 1 aliphatic rings. The van der Waals surface area contributed by atoms with Crippen LogP contribution in [0.2, 0.25) is 0 Å². The molecule has 1 aliphatic heterocycles. The van der Waals surface area contributed by atoms with Crippen molar-refractivity contribution in [2.75, 3.05) is 13.1 Å². The van der Waals surface area contributed by atoms with Gasteiger partial charge in [-0.2, -0.15) is 0 Å². The second-order valence-corrected chi connectivity index (χ2v) is 2.93. The van der Waals surface area contributed by atoms with E-state index in [0.29, 0.717) is 6.42 Å². The highest BCUT2D eigenvalue weighted by Crippen LogP contribution is 2.00. The predicted molar refractivity (Wildman–Crippen MR) is 45.0 cm³/mol. The number of amides is 3. The Bertz CT molecular complexity index is 234. The van der Waals surface area contributed by atoms with Crippen molar-refractivity contribution in [2.24, 2.45) is 0 Å². The zero-order chi connectivity index (χ0) is 9.84. The number of imide groups is 1. The fourth-order valence-electron chi connectivity index (χ4n) is 1.15. The highest BCUT2D eigenvalue weighted by atomic mass is 16.2. The van der Waals surface area contributed by atoms with Crippen molar-refractivity contribution in [1.82, 2.24) is 10.2 Å². The molecule has 1 rings (SSSR count). The molecule has 13 heavy (non-hydrogen) atoms. The SMILES string of the molecule is CCCC(=O)CN1C(=O)CNC1=O. The molecular formula is C8H12N2O3. The molecule has 0 spiro atoms. The van der Waals surface area contributed by atoms with Crippen LogP contribution in [0, 0.1) is 0 Å². The van der Waals surface area contributed by atoms with Crippen LogP contribution in [0.5, 0.6) is 0 Å². The molecule has 0 aromatic heterocycles. The van der Waals surface area contributed by atoms with E-state index in [1.807, 2.05) is 6.92 Å². The fourth-order valence-corrected chi connectivity index (χ4v) is 1.15. The molecule has 72 valence electrons. The summed E-state index contributed by atoms with van der Waals surface area (Å²) < 4.78 is 0. The van der Waals surface area contributed by atoms with Crippen molar-refractivity contribution in [1.29, 1.82) is 0 Å². The van der Waals surface area contributed by atoms with Gasteiger partial charge in [-0.25, -0.2) is 4.79 Å². The van der Waals surface area contributed by atoms with Crippen LogP contribution in [0.3, 0.4) is 0 Å². The summed E-state index contributed by atoms with van der Waals surface area (Å²) in [4.78, 5) is 34.1. The van der Waals surface area contributed by atoms with Crippen molar-refractivity contribution >= 4 is 17.7 Å². The summed E-state index contributed by atoms with van der Waals surface area (Å²) in [6, 6.07) is -0.463. The number of hydrogen-bond donors (Lipinski definition) is 1. The number of carbonyl (C=O) groups excluding carboxylic acids is 3. The Kier molecular flexibility index (Phi) is 3.00. The van der Waals surface area contributed by atoms with Crippen molar-refractivity contribution in [3.05, 3.63) is 0 Å². The second kappa shape index (κ2) is 4.02. The van der Waals surface area contributed by atoms with Crippen LogP contribution in [0.4, 0.5) is 4.79 Å². The fraction of sp³-hybridized carbons (Fsp3) is 0.625. The Hall–Kier alpha value is -1.39. The van der Waals surface area contributed by atoms with Gasteiger partial charge in [-0.3, -0.25) is 14.5 Å². The van der Waals surface area contributed by atoms with Crippen LogP contribution in [-0.4, -0.2) is 35.7 Å². The molecule has 0 bridgehead atoms. The minimum atomic E-state index is -0.463. The molecule has 0 saturated carbocycles. The largest absolute Gasteiger partial charge is 0.329 e. The predicted octanol–water partition coefficient (Wildman–Crippen LogP) is -0.0926. The van der Waals surface area contributed by atoms with Crippen LogP contribution in [-0.2, 0) is 9.59 Å². The van der Waals surface area contributed by atoms with Gasteiger partial charge < -0.3 is 5.32 Å². The molecular weight excluding hydrogens is 172 g/mol. The third-order valence-electron chi connectivity index (χ3n) is 1.80. The number of nitrogens with zero attached hydrogens (tertiary/aromatic N) is 1. The van der Waals surface area contributed by atoms with E-state index in [2.05, 4.69) is 5.32 Å². The van der Waals surface area contributed by atoms with Crippen LogP contribution in [0.25, 0.3) is 0 Å². The van der Waals surface area contributed by atoms with E-state index in [4.69, 9.17) is 0 Å². The minimum Gasteiger partial charge on any atom is -0.329 e. The Labute approximate surface area is 76.1 Å². The summed E-state index contributed by atoms with van der Waals surface area (Å²) in [6.45, 7) is 1.81. The third-order valence-corrected chi connectivity index (χ3v) is 1.80. The normalized spacial score (nSPS) is 16.2. The lowest BCUT2D eigenvalue weighted by atomic mass is 10.2. The minimum absolute atomic E-state index is 0.0121. The first-order valence-corrected chi connectivity index (χ1v) is 4.25. The quantitative estimate of drug-likeness (QED) is 0.621. The van der Waals surface area contributed by atoms with Crippen LogP contribution >= 0.6 is 0 Å². The summed E-state index contributed by atoms with van der Waals surface area (Å²) in [5.41, 5.74) is 0. The number of nitrogens with one attached hydrogen (secondary N) is 1. The Morgan fingerprint density at radius 2 is 2.23 bits per heavy atom. The van der Waals surface area contributed by atoms with E-state index in [9.17, 15) is 14.4 Å². The van der Waals surface area contributed by atoms with Crippen molar-refractivity contribution in [3.63, 3.8) is 0 Å². The smallest absolute Gasteiger partial charge is 0.324 e. The lowest BCUT2D eigenvalue weighted by molar-refractivity contribution is -0.129. The van der Waals surface area contributed by atoms with Crippen molar-refractivity contribution in [3.8, 4) is 0 Å². The molecule has 0 unspecified atom stereocenters. The molecule has 1 fully saturated rings. The van der Waals surface area contributed by atoms with Gasteiger partial charge >= 0.3 is 6.03 Å². The van der Waals surface area contributed by atoms with Gasteiger partial charge in [-0.05, 0) is 6.42 Å². The number of urea groups is 1. The molecule has 0 aromatic rings. The van der Waals surface area contributed by atoms with Crippen LogP contribution < -0.4 is 5.32 Å². The third kappa shape index (κ3) is 2.27. The van der Waals surface area contributed by atoms with E-state index < -0.39 is 6.03 Å². The number of rotatable bonds is 4. The first kappa shape index (κ1) is 9.70. The van der Waals surface area contributed by atoms with E-state index >= 15 is 0 Å². The zero-order valence-corrected chi connectivity index (χ0v) is 7.50. The number of carbonyl (C=O) groups is 3. The van der Waals surface area contributed by atoms with E-state index in [-0.39, 0.29) is 24.8 Å². The summed E-state index contributed by atoms with van der Waals surface area (Å²) in [6.07, 6.45) is 1.15. The van der Waals surface area contributed by atoms with Gasteiger partial charge in [0, 0.05) is 6.42 Å². The molecule has 0 aromatic carbocycles. The average Bonchev–Trinajstić information content (AvgIpc) is 2.36. The Morgan fingerprint density at radius 1 is 1.54 bits per heavy atom. The maximum atomic E-state index is 11.1. The molecule has 1 heterocycles. The van der Waals surface area contributed by atoms with Crippen LogP contribution in [0.15, 0.2) is 0 Å². The Balaban J connectivity index is 2.48. The highest BCUT2D eigenvalue weighted by Gasteiger charge is 2.29. The number of Topliss-reactive ketones (excluding diaryl/α,β-unsaturated/α-hetero) is 1. The summed E-state index contributed by atoms with van der Waals surface area (Å²) >= 11 is 0. The first-order valence-electron chi connectivity index (χ1n) is 4.25. The monoisotopic (exact) mass is 184 g/mol. The second-order valence-electron chi connectivity index (χ2n) is 2.93. The molecule has 3 amide bonds. The van der Waals surface area contributed by atoms with E-state index in [1.54, 1.807) is 0 Å². The maximum absolute atomic E-state index is 11.1. The highest BCUT2D eigenvalue weighted by molar-refractivity contribution is 6.04. The summed E-state index contributed by atoms with van der Waals surface area (Å²) in [7, 11) is 0. The summed E-state index contributed by atoms with van der Waals surface area (Å²) in [5, 5.41) is 2.35. The molecule has 0 aliphatic carbocycles. The van der Waals surface area contributed by atoms with Crippen molar-refractivity contribution < 1.29 is 14.4 Å². The van der Waals surface area contributed by atoms with Gasteiger partial charge in [0.1, 0.15) is 0 Å². The Morgan fingerprint density at radius 3 is 2.69 bits per heavy atom. The lowest BCUT2D eigenvalue weighted by Crippen LogP contribution is -2.35. The zero-order valence-electron chi connectivity index (χ0n) is 7.50. The number of hydrogen-bond acceptors (Lipinski definition) is 3. The molecule has 5 nitrogen and oxygen atoms in total. The maximum Gasteiger partial charge on any atom is 0.324 e. The number of ketones is 1. The van der Waals surface area contributed by atoms with Gasteiger partial charge in [0.25, 0.3) is 0 Å². The molecule has 0 radical (unpaired) electrons. The standard InChI is InChI=1S/C8H12N2O3/c1-2-3-6(11)5-10-7(12)4-9-8(10)13/h2-5H2,1H3,(H,9,13). The van der Waals surface area contributed by atoms with Gasteiger partial charge in [0.2, 0.25) is 5.91 Å². The van der Waals surface area contributed by atoms with E-state index in [0.717, 1.165) is 11.3 Å². The van der Waals surface area contributed by atoms with Gasteiger partial charge in [0.15, 0.2) is 5.78 Å². The topological polar surface area (TPSA) is 66.5 Å². The van der Waals surface area contributed by atoms with Crippen LogP contribution in [0.1, 0.15) is 19.8 Å². The average molecular weight is 184 g/mol. The molecule has 5 heteroatoms. The molecule has 0 atom stereocenters. The van der Waals surface area contributed by atoms with Gasteiger partial charge in [-0.15, -0.1) is 0 Å². The van der Waals surface area contributed by atoms with Gasteiger partial charge in [0.05, 0.1) is 13.1 Å². The molecule has 1 saturated heterocycles.